The number of anilines is 4. The molecule has 4 rings (SSSR count). The van der Waals surface area contributed by atoms with E-state index in [0.29, 0.717) is 40.7 Å². The highest BCUT2D eigenvalue weighted by atomic mass is 16.5. The summed E-state index contributed by atoms with van der Waals surface area (Å²) in [7, 11) is 0. The van der Waals surface area contributed by atoms with Crippen LogP contribution in [-0.2, 0) is 16.0 Å². The van der Waals surface area contributed by atoms with Crippen LogP contribution in [-0.4, -0.2) is 45.4 Å². The van der Waals surface area contributed by atoms with Crippen LogP contribution in [0.25, 0.3) is 0 Å². The van der Waals surface area contributed by atoms with E-state index in [-0.39, 0.29) is 0 Å². The molecule has 0 aliphatic rings. The van der Waals surface area contributed by atoms with E-state index in [1.54, 1.807) is 72.8 Å². The van der Waals surface area contributed by atoms with Crippen LogP contribution >= 0.6 is 0 Å². The molecular weight excluding hydrogens is 604 g/mol. The van der Waals surface area contributed by atoms with Crippen molar-refractivity contribution < 1.29 is 38.9 Å². The fourth-order valence-electron chi connectivity index (χ4n) is 4.12. The van der Waals surface area contributed by atoms with Gasteiger partial charge in [-0.3, -0.25) is 0 Å². The number of urea groups is 2. The van der Waals surface area contributed by atoms with E-state index in [9.17, 15) is 29.4 Å². The Kier molecular flexibility index (Phi) is 10.4. The summed E-state index contributed by atoms with van der Waals surface area (Å²) in [5.41, 5.74) is 1.52. The van der Waals surface area contributed by atoms with Gasteiger partial charge in [0.1, 0.15) is 11.5 Å². The Morgan fingerprint density at radius 2 is 0.745 bits per heavy atom. The van der Waals surface area contributed by atoms with Gasteiger partial charge in [-0.1, -0.05) is 24.3 Å². The first-order valence-corrected chi connectivity index (χ1v) is 14.6. The number of carboxylic acid groups (broad SMARTS) is 2. The Bertz CT molecular complexity index is 1590. The van der Waals surface area contributed by atoms with Crippen molar-refractivity contribution >= 4 is 46.8 Å². The molecule has 0 aliphatic carbocycles. The third-order valence-corrected chi connectivity index (χ3v) is 6.83. The van der Waals surface area contributed by atoms with Crippen LogP contribution in [0.3, 0.4) is 0 Å². The number of carboxylic acids is 2. The zero-order valence-electron chi connectivity index (χ0n) is 26.3. The fraction of sp³-hybridized carbons (Fsp3) is 0.200. The predicted octanol–water partition coefficient (Wildman–Crippen LogP) is 7.05. The van der Waals surface area contributed by atoms with Crippen molar-refractivity contribution in [2.45, 2.75) is 45.3 Å². The van der Waals surface area contributed by atoms with Gasteiger partial charge in [-0.2, -0.15) is 0 Å². The van der Waals surface area contributed by atoms with Gasteiger partial charge in [0.25, 0.3) is 0 Å². The number of nitrogens with one attached hydrogen (secondary N) is 4. The molecule has 47 heavy (non-hydrogen) atoms. The van der Waals surface area contributed by atoms with E-state index in [0.717, 1.165) is 11.1 Å². The lowest BCUT2D eigenvalue weighted by molar-refractivity contribution is -0.152. The molecule has 4 aromatic carbocycles. The number of hydrogen-bond acceptors (Lipinski definition) is 6. The minimum atomic E-state index is -1.38. The first-order valence-electron chi connectivity index (χ1n) is 14.6. The number of carbonyl (C=O) groups is 4. The van der Waals surface area contributed by atoms with Gasteiger partial charge in [-0.15, -0.1) is 0 Å². The molecule has 0 spiro atoms. The average molecular weight is 641 g/mol. The van der Waals surface area contributed by atoms with Crippen LogP contribution in [0.15, 0.2) is 97.1 Å². The van der Waals surface area contributed by atoms with Crippen LogP contribution in [0, 0.1) is 0 Å². The molecule has 4 aromatic rings. The van der Waals surface area contributed by atoms with Crippen molar-refractivity contribution in [3.8, 4) is 11.5 Å². The number of ether oxygens (including phenoxy) is 2. The summed E-state index contributed by atoms with van der Waals surface area (Å²) in [5, 5.41) is 29.4. The Balaban J connectivity index is 1.22. The SMILES string of the molecule is CC(C)(Oc1ccc(NC(=O)Nc2ccc(Cc3ccc(NC(=O)Nc4ccc(OC(C)(C)C(=O)O)cc4)cc3)cc2)cc1)C(=O)O. The van der Waals surface area contributed by atoms with Crippen LogP contribution in [0.5, 0.6) is 11.5 Å². The number of rotatable bonds is 12. The van der Waals surface area contributed by atoms with Crippen LogP contribution in [0.4, 0.5) is 32.3 Å². The second kappa shape index (κ2) is 14.4. The minimum Gasteiger partial charge on any atom is -0.478 e. The van der Waals surface area contributed by atoms with Gasteiger partial charge in [0.15, 0.2) is 11.2 Å². The van der Waals surface area contributed by atoms with Gasteiger partial charge in [-0.25, -0.2) is 19.2 Å². The molecule has 0 radical (unpaired) electrons. The Hall–Kier alpha value is -6.04. The molecule has 4 amide bonds. The summed E-state index contributed by atoms with van der Waals surface area (Å²) in [6, 6.07) is 26.7. The van der Waals surface area contributed by atoms with Gasteiger partial charge in [0.2, 0.25) is 0 Å². The Morgan fingerprint density at radius 1 is 0.489 bits per heavy atom. The predicted molar refractivity (Wildman–Crippen MR) is 179 cm³/mol. The van der Waals surface area contributed by atoms with Gasteiger partial charge in [-0.05, 0) is 118 Å². The summed E-state index contributed by atoms with van der Waals surface area (Å²) in [6.45, 7) is 5.81. The van der Waals surface area contributed by atoms with Gasteiger partial charge in [0.05, 0.1) is 0 Å². The fourth-order valence-corrected chi connectivity index (χ4v) is 4.12. The minimum absolute atomic E-state index is 0.367. The summed E-state index contributed by atoms with van der Waals surface area (Å²) in [5.74, 6) is -1.44. The molecule has 244 valence electrons. The van der Waals surface area contributed by atoms with Crippen molar-refractivity contribution in [1.82, 2.24) is 0 Å². The van der Waals surface area contributed by atoms with E-state index < -0.39 is 35.2 Å². The maximum Gasteiger partial charge on any atom is 0.347 e. The van der Waals surface area contributed by atoms with E-state index in [4.69, 9.17) is 9.47 Å². The largest absolute Gasteiger partial charge is 0.478 e. The highest BCUT2D eigenvalue weighted by Crippen LogP contribution is 2.23. The molecule has 0 bridgehead atoms. The highest BCUT2D eigenvalue weighted by molar-refractivity contribution is 6.00. The van der Waals surface area contributed by atoms with Gasteiger partial charge in [0, 0.05) is 22.7 Å². The molecule has 0 heterocycles. The normalized spacial score (nSPS) is 11.1. The molecule has 0 aromatic heterocycles. The van der Waals surface area contributed by atoms with Crippen LogP contribution in [0.2, 0.25) is 0 Å². The number of amides is 4. The Labute approximate surface area is 271 Å². The number of hydrogen-bond donors (Lipinski definition) is 6. The molecule has 0 aliphatic heterocycles. The van der Waals surface area contributed by atoms with Gasteiger partial charge >= 0.3 is 24.0 Å². The molecule has 0 saturated heterocycles. The zero-order chi connectivity index (χ0) is 34.2. The maximum absolute atomic E-state index is 12.5. The third-order valence-electron chi connectivity index (χ3n) is 6.83. The van der Waals surface area contributed by atoms with Crippen molar-refractivity contribution in [2.75, 3.05) is 21.3 Å². The van der Waals surface area contributed by atoms with Crippen molar-refractivity contribution in [2.24, 2.45) is 0 Å². The summed E-state index contributed by atoms with van der Waals surface area (Å²) >= 11 is 0. The van der Waals surface area contributed by atoms with Crippen LogP contribution < -0.4 is 30.7 Å². The molecule has 0 atom stereocenters. The maximum atomic E-state index is 12.5. The topological polar surface area (TPSA) is 175 Å². The lowest BCUT2D eigenvalue weighted by Crippen LogP contribution is -2.37. The Morgan fingerprint density at radius 3 is 1.00 bits per heavy atom. The summed E-state index contributed by atoms with van der Waals surface area (Å²) in [4.78, 5) is 47.4. The van der Waals surface area contributed by atoms with E-state index >= 15 is 0 Å². The van der Waals surface area contributed by atoms with Crippen LogP contribution in [0.1, 0.15) is 38.8 Å². The molecule has 12 nitrogen and oxygen atoms in total. The lowest BCUT2D eigenvalue weighted by Gasteiger charge is -2.21. The molecule has 12 heteroatoms. The zero-order valence-corrected chi connectivity index (χ0v) is 26.3. The second-order valence-electron chi connectivity index (χ2n) is 11.6. The first kappa shape index (κ1) is 33.8. The number of benzene rings is 4. The number of aliphatic carboxylic acids is 2. The number of carbonyl (C=O) groups excluding carboxylic acids is 2. The summed E-state index contributed by atoms with van der Waals surface area (Å²) < 4.78 is 10.9. The highest BCUT2D eigenvalue weighted by Gasteiger charge is 2.30. The molecule has 0 fully saturated rings. The monoisotopic (exact) mass is 640 g/mol. The quantitative estimate of drug-likeness (QED) is 0.0955. The standard InChI is InChI=1S/C35H36N4O8/c1-34(2,30(40)41)46-28-17-13-26(14-18-28)38-32(44)36-24-9-5-22(6-10-24)21-23-7-11-25(12-8-23)37-33(45)39-27-15-19-29(20-16-27)47-35(3,4)31(42)43/h5-20H,21H2,1-4H3,(H,40,41)(H,42,43)(H2,36,38,44)(H2,37,39,45). The summed E-state index contributed by atoms with van der Waals surface area (Å²) in [6.07, 6.45) is 0.638. The third kappa shape index (κ3) is 9.98. The van der Waals surface area contributed by atoms with E-state index in [2.05, 4.69) is 21.3 Å². The van der Waals surface area contributed by atoms with Crippen molar-refractivity contribution in [3.05, 3.63) is 108 Å². The molecular formula is C35H36N4O8. The second-order valence-corrected chi connectivity index (χ2v) is 11.6. The van der Waals surface area contributed by atoms with E-state index in [1.807, 2.05) is 24.3 Å². The van der Waals surface area contributed by atoms with Gasteiger partial charge < -0.3 is 41.0 Å². The van der Waals surface area contributed by atoms with Crippen molar-refractivity contribution in [3.63, 3.8) is 0 Å². The molecule has 0 unspecified atom stereocenters. The average Bonchev–Trinajstić information content (AvgIpc) is 3.00. The first-order chi connectivity index (χ1) is 22.2. The molecule has 0 saturated carbocycles. The lowest BCUT2D eigenvalue weighted by atomic mass is 10.0. The molecule has 6 N–H and O–H groups in total. The smallest absolute Gasteiger partial charge is 0.347 e. The van der Waals surface area contributed by atoms with E-state index in [1.165, 1.54) is 27.7 Å². The van der Waals surface area contributed by atoms with Crippen molar-refractivity contribution in [1.29, 1.82) is 0 Å².